The molecular formula is C14H22N6O. The minimum Gasteiger partial charge on any atom is -0.370 e. The van der Waals surface area contributed by atoms with E-state index >= 15 is 0 Å². The first-order chi connectivity index (χ1) is 10.0. The molecule has 0 radical (unpaired) electrons. The third kappa shape index (κ3) is 4.70. The largest absolute Gasteiger partial charge is 0.370 e. The Labute approximate surface area is 124 Å². The van der Waals surface area contributed by atoms with Gasteiger partial charge >= 0.3 is 0 Å². The van der Waals surface area contributed by atoms with E-state index in [-0.39, 0.29) is 5.91 Å². The van der Waals surface area contributed by atoms with Crippen molar-refractivity contribution in [1.29, 1.82) is 0 Å². The second kappa shape index (κ2) is 7.01. The van der Waals surface area contributed by atoms with Crippen molar-refractivity contribution in [3.05, 3.63) is 17.5 Å². The molecule has 1 aliphatic heterocycles. The first-order valence-corrected chi connectivity index (χ1v) is 7.21. The zero-order valence-electron chi connectivity index (χ0n) is 12.6. The molecule has 1 amide bonds. The number of likely N-dealkylation sites (tertiary alicyclic amines) is 1. The summed E-state index contributed by atoms with van der Waals surface area (Å²) in [6.07, 6.45) is 2.45. The van der Waals surface area contributed by atoms with Crippen LogP contribution in [0.15, 0.2) is 11.1 Å². The first-order valence-electron chi connectivity index (χ1n) is 7.21. The van der Waals surface area contributed by atoms with E-state index < -0.39 is 0 Å². The molecular weight excluding hydrogens is 268 g/mol. The number of anilines is 1. The lowest BCUT2D eigenvalue weighted by Gasteiger charge is -2.14. The Balaban J connectivity index is 1.77. The Kier molecular flexibility index (Phi) is 5.08. The quantitative estimate of drug-likeness (QED) is 0.476. The lowest BCUT2D eigenvalue weighted by atomic mass is 10.4. The van der Waals surface area contributed by atoms with E-state index in [1.54, 1.807) is 0 Å². The van der Waals surface area contributed by atoms with Gasteiger partial charge in [-0.05, 0) is 32.8 Å². The minimum atomic E-state index is 0.244. The van der Waals surface area contributed by atoms with Crippen LogP contribution in [0.2, 0.25) is 0 Å². The van der Waals surface area contributed by atoms with Gasteiger partial charge in [-0.15, -0.1) is 0 Å². The molecule has 7 heteroatoms. The summed E-state index contributed by atoms with van der Waals surface area (Å²) < 4.78 is 0. The average Bonchev–Trinajstić information content (AvgIpc) is 2.79. The molecule has 0 aromatic carbocycles. The van der Waals surface area contributed by atoms with Crippen molar-refractivity contribution in [3.8, 4) is 0 Å². The topological polar surface area (TPSA) is 96.5 Å². The van der Waals surface area contributed by atoms with Crippen LogP contribution in [0.3, 0.4) is 0 Å². The highest BCUT2D eigenvalue weighted by molar-refractivity contribution is 5.90. The summed E-state index contributed by atoms with van der Waals surface area (Å²) in [6, 6.07) is 1.89. The fraction of sp³-hybridized carbons (Fsp3) is 0.571. The normalized spacial score (nSPS) is 15.6. The number of aryl methyl sites for hydroxylation is 2. The van der Waals surface area contributed by atoms with E-state index in [0.717, 1.165) is 37.3 Å². The van der Waals surface area contributed by atoms with Crippen LogP contribution >= 0.6 is 0 Å². The second-order valence-electron chi connectivity index (χ2n) is 5.20. The number of carbonyl (C=O) groups is 1. The number of hydrogen-bond donors (Lipinski definition) is 2. The monoisotopic (exact) mass is 290 g/mol. The summed E-state index contributed by atoms with van der Waals surface area (Å²) in [6.45, 7) is 6.00. The predicted molar refractivity (Wildman–Crippen MR) is 82.0 cm³/mol. The second-order valence-corrected chi connectivity index (χ2v) is 5.20. The fourth-order valence-corrected chi connectivity index (χ4v) is 2.34. The van der Waals surface area contributed by atoms with Gasteiger partial charge in [0.2, 0.25) is 11.9 Å². The molecule has 2 heterocycles. The van der Waals surface area contributed by atoms with Crippen LogP contribution in [-0.2, 0) is 4.79 Å². The Hall–Kier alpha value is -2.18. The molecule has 21 heavy (non-hydrogen) atoms. The summed E-state index contributed by atoms with van der Waals surface area (Å²) in [5.74, 6) is 1.00. The zero-order valence-corrected chi connectivity index (χ0v) is 12.6. The highest BCUT2D eigenvalue weighted by Crippen LogP contribution is 2.09. The minimum absolute atomic E-state index is 0.244. The highest BCUT2D eigenvalue weighted by atomic mass is 16.2. The third-order valence-corrected chi connectivity index (χ3v) is 3.26. The number of nitrogens with one attached hydrogen (secondary N) is 1. The smallest absolute Gasteiger partial charge is 0.229 e. The molecule has 3 N–H and O–H groups in total. The van der Waals surface area contributed by atoms with E-state index in [9.17, 15) is 4.79 Å². The Morgan fingerprint density at radius 2 is 2.14 bits per heavy atom. The Morgan fingerprint density at radius 3 is 2.76 bits per heavy atom. The summed E-state index contributed by atoms with van der Waals surface area (Å²) in [4.78, 5) is 26.0. The standard InChI is InChI=1S/C14H22N6O/c1-10-9-11(2)18-14(17-10)19-13(15)16-6-4-8-20-7-3-5-12(20)21/h9H,3-8H2,1-2H3,(H3,15,16,17,18,19). The number of carbonyl (C=O) groups excluding carboxylic acids is 1. The molecule has 1 aromatic rings. The zero-order chi connectivity index (χ0) is 15.2. The van der Waals surface area contributed by atoms with Gasteiger partial charge < -0.3 is 10.6 Å². The molecule has 1 fully saturated rings. The van der Waals surface area contributed by atoms with E-state index in [4.69, 9.17) is 5.73 Å². The van der Waals surface area contributed by atoms with Gasteiger partial charge in [-0.2, -0.15) is 0 Å². The van der Waals surface area contributed by atoms with Crippen LogP contribution in [-0.4, -0.2) is 46.4 Å². The van der Waals surface area contributed by atoms with Gasteiger partial charge in [0.05, 0.1) is 0 Å². The van der Waals surface area contributed by atoms with Gasteiger partial charge in [-0.3, -0.25) is 15.1 Å². The van der Waals surface area contributed by atoms with E-state index in [1.165, 1.54) is 0 Å². The van der Waals surface area contributed by atoms with Crippen molar-refractivity contribution >= 4 is 17.8 Å². The SMILES string of the molecule is Cc1cc(C)nc(NC(N)=NCCCN2CCCC2=O)n1. The van der Waals surface area contributed by atoms with Gasteiger partial charge in [0.15, 0.2) is 5.96 Å². The maximum Gasteiger partial charge on any atom is 0.229 e. The molecule has 2 rings (SSSR count). The van der Waals surface area contributed by atoms with Crippen molar-refractivity contribution in [2.45, 2.75) is 33.1 Å². The van der Waals surface area contributed by atoms with Gasteiger partial charge in [0.1, 0.15) is 0 Å². The van der Waals surface area contributed by atoms with Crippen LogP contribution in [0.25, 0.3) is 0 Å². The van der Waals surface area contributed by atoms with Crippen molar-refractivity contribution < 1.29 is 4.79 Å². The third-order valence-electron chi connectivity index (χ3n) is 3.26. The molecule has 1 aliphatic rings. The van der Waals surface area contributed by atoms with Gasteiger partial charge in [-0.25, -0.2) is 9.97 Å². The van der Waals surface area contributed by atoms with Crippen molar-refractivity contribution in [3.63, 3.8) is 0 Å². The Morgan fingerprint density at radius 1 is 1.43 bits per heavy atom. The molecule has 1 aromatic heterocycles. The highest BCUT2D eigenvalue weighted by Gasteiger charge is 2.18. The lowest BCUT2D eigenvalue weighted by Crippen LogP contribution is -2.27. The van der Waals surface area contributed by atoms with Crippen LogP contribution < -0.4 is 11.1 Å². The maximum absolute atomic E-state index is 11.4. The summed E-state index contributed by atoms with van der Waals surface area (Å²) in [5, 5.41) is 2.89. The van der Waals surface area contributed by atoms with E-state index in [1.807, 2.05) is 24.8 Å². The van der Waals surface area contributed by atoms with Crippen molar-refractivity contribution in [2.75, 3.05) is 25.0 Å². The summed E-state index contributed by atoms with van der Waals surface area (Å²) in [7, 11) is 0. The lowest BCUT2D eigenvalue weighted by molar-refractivity contribution is -0.127. The molecule has 0 aliphatic carbocycles. The molecule has 7 nitrogen and oxygen atoms in total. The van der Waals surface area contributed by atoms with Crippen LogP contribution in [0.1, 0.15) is 30.7 Å². The van der Waals surface area contributed by atoms with E-state index in [2.05, 4.69) is 20.3 Å². The number of nitrogens with zero attached hydrogens (tertiary/aromatic N) is 4. The van der Waals surface area contributed by atoms with Gasteiger partial charge in [0.25, 0.3) is 0 Å². The van der Waals surface area contributed by atoms with E-state index in [0.29, 0.717) is 24.9 Å². The molecule has 1 saturated heterocycles. The van der Waals surface area contributed by atoms with Crippen LogP contribution in [0, 0.1) is 13.8 Å². The first kappa shape index (κ1) is 15.2. The number of rotatable bonds is 5. The number of amides is 1. The van der Waals surface area contributed by atoms with Crippen molar-refractivity contribution in [2.24, 2.45) is 10.7 Å². The predicted octanol–water partition coefficient (Wildman–Crippen LogP) is 0.833. The molecule has 0 unspecified atom stereocenters. The summed E-state index contributed by atoms with van der Waals surface area (Å²) >= 11 is 0. The van der Waals surface area contributed by atoms with Crippen molar-refractivity contribution in [1.82, 2.24) is 14.9 Å². The van der Waals surface area contributed by atoms with Gasteiger partial charge in [-0.1, -0.05) is 0 Å². The number of nitrogens with two attached hydrogens (primary N) is 1. The average molecular weight is 290 g/mol. The number of guanidine groups is 1. The number of aliphatic imine (C=N–C) groups is 1. The fourth-order valence-electron chi connectivity index (χ4n) is 2.34. The number of aromatic nitrogens is 2. The van der Waals surface area contributed by atoms with Crippen LogP contribution in [0.5, 0.6) is 0 Å². The molecule has 0 spiro atoms. The molecule has 114 valence electrons. The van der Waals surface area contributed by atoms with Crippen LogP contribution in [0.4, 0.5) is 5.95 Å². The van der Waals surface area contributed by atoms with Gasteiger partial charge in [0, 0.05) is 37.4 Å². The molecule has 0 saturated carbocycles. The number of hydrogen-bond acceptors (Lipinski definition) is 4. The summed E-state index contributed by atoms with van der Waals surface area (Å²) in [5.41, 5.74) is 7.57. The maximum atomic E-state index is 11.4. The molecule has 0 atom stereocenters. The Bertz CT molecular complexity index is 522. The molecule has 0 bridgehead atoms.